The molecule has 2 aromatic heterocycles. The van der Waals surface area contributed by atoms with Crippen LogP contribution in [0.3, 0.4) is 0 Å². The minimum Gasteiger partial charge on any atom is -0.456 e. The van der Waals surface area contributed by atoms with Crippen molar-refractivity contribution < 1.29 is 4.42 Å². The third-order valence-corrected chi connectivity index (χ3v) is 15.2. The first-order valence-corrected chi connectivity index (χ1v) is 24.4. The molecule has 69 heavy (non-hydrogen) atoms. The van der Waals surface area contributed by atoms with Gasteiger partial charge in [-0.1, -0.05) is 176 Å². The average Bonchev–Trinajstić information content (AvgIpc) is 3.98. The van der Waals surface area contributed by atoms with Gasteiger partial charge >= 0.3 is 0 Å². The minimum atomic E-state index is 0.881. The van der Waals surface area contributed by atoms with E-state index in [-0.39, 0.29) is 0 Å². The number of thiophene rings is 1. The van der Waals surface area contributed by atoms with E-state index in [9.17, 15) is 0 Å². The van der Waals surface area contributed by atoms with Crippen molar-refractivity contribution in [2.45, 2.75) is 0 Å². The number of rotatable bonds is 7. The van der Waals surface area contributed by atoms with Gasteiger partial charge in [-0.15, -0.1) is 11.3 Å². The maximum absolute atomic E-state index is 6.63. The summed E-state index contributed by atoms with van der Waals surface area (Å²) in [5.74, 6) is 0. The molecule has 0 bridgehead atoms. The molecule has 12 aromatic carbocycles. The Hall–Kier alpha value is -8.76. The molecule has 14 rings (SSSR count). The average molecular weight is 896 g/mol. The molecule has 2 nitrogen and oxygen atoms in total. The normalized spacial score (nSPS) is 11.8. The molecule has 14 aromatic rings. The number of fused-ring (bicyclic) bond motifs is 9. The highest BCUT2D eigenvalue weighted by Gasteiger charge is 2.21. The van der Waals surface area contributed by atoms with Crippen LogP contribution in [0.25, 0.3) is 119 Å². The highest BCUT2D eigenvalue weighted by molar-refractivity contribution is 7.26. The van der Waals surface area contributed by atoms with Crippen molar-refractivity contribution in [2.24, 2.45) is 0 Å². The molecule has 0 aliphatic rings. The van der Waals surface area contributed by atoms with Gasteiger partial charge in [-0.2, -0.15) is 0 Å². The molecule has 0 saturated carbocycles. The van der Waals surface area contributed by atoms with Crippen LogP contribution >= 0.6 is 11.3 Å². The number of benzene rings is 12. The quantitative estimate of drug-likeness (QED) is 0.158. The maximum Gasteiger partial charge on any atom is 0.136 e. The third-order valence-electron chi connectivity index (χ3n) is 14.0. The fourth-order valence-electron chi connectivity index (χ4n) is 10.6. The topological polar surface area (TPSA) is 16.4 Å². The summed E-state index contributed by atoms with van der Waals surface area (Å²) in [4.78, 5) is 2.43. The first kappa shape index (κ1) is 39.4. The van der Waals surface area contributed by atoms with E-state index >= 15 is 0 Å². The van der Waals surface area contributed by atoms with Gasteiger partial charge in [0.2, 0.25) is 0 Å². The fourth-order valence-corrected chi connectivity index (χ4v) is 11.9. The predicted octanol–water partition coefficient (Wildman–Crippen LogP) is 19.6. The first-order chi connectivity index (χ1) is 34.2. The molecule has 0 N–H and O–H groups in total. The highest BCUT2D eigenvalue weighted by atomic mass is 32.1. The van der Waals surface area contributed by atoms with Crippen LogP contribution < -0.4 is 4.90 Å². The Labute approximate surface area is 403 Å². The number of nitrogens with zero attached hydrogens (tertiary/aromatic N) is 1. The molecule has 3 heteroatoms. The van der Waals surface area contributed by atoms with Crippen molar-refractivity contribution >= 4 is 103 Å². The van der Waals surface area contributed by atoms with Gasteiger partial charge in [0.1, 0.15) is 11.2 Å². The van der Waals surface area contributed by atoms with Crippen LogP contribution in [0.5, 0.6) is 0 Å². The van der Waals surface area contributed by atoms with Crippen LogP contribution in [0.4, 0.5) is 17.1 Å². The van der Waals surface area contributed by atoms with Crippen molar-refractivity contribution in [3.05, 3.63) is 249 Å². The summed E-state index contributed by atoms with van der Waals surface area (Å²) in [5, 5.41) is 12.1. The number of furan rings is 1. The first-order valence-electron chi connectivity index (χ1n) is 23.5. The lowest BCUT2D eigenvalue weighted by atomic mass is 9.92. The zero-order valence-electron chi connectivity index (χ0n) is 37.4. The minimum absolute atomic E-state index is 0.881. The molecule has 0 aliphatic heterocycles. The van der Waals surface area contributed by atoms with E-state index < -0.39 is 0 Å². The zero-order chi connectivity index (χ0) is 45.4. The molecule has 0 spiro atoms. The molecule has 0 unspecified atom stereocenters. The molecule has 0 aliphatic carbocycles. The van der Waals surface area contributed by atoms with Gasteiger partial charge in [-0.3, -0.25) is 0 Å². The lowest BCUT2D eigenvalue weighted by molar-refractivity contribution is 0.669. The van der Waals surface area contributed by atoms with Gasteiger partial charge < -0.3 is 9.32 Å². The molecule has 0 fully saturated rings. The van der Waals surface area contributed by atoms with E-state index in [2.05, 4.69) is 254 Å². The summed E-state index contributed by atoms with van der Waals surface area (Å²) in [6, 6.07) is 91.0. The molecule has 322 valence electrons. The summed E-state index contributed by atoms with van der Waals surface area (Å²) in [6.07, 6.45) is 0. The standard InChI is InChI=1S/C66H41NOS/c1-2-14-43(15-3-1)60-40-52(32-34-55(60)50-29-33-57-62-37-46-17-6-7-18-47(46)38-64(62)68-63(57)39-50)67(51-30-27-44(28-31-51)56-22-12-23-59-58-21-10-11-24-65(58)69-66(56)59)53-36-48-19-8-9-20-54(48)61(41-53)49-26-25-42-13-4-5-16-45(42)35-49/h1-41H. The van der Waals surface area contributed by atoms with E-state index in [0.717, 1.165) is 61.3 Å². The monoisotopic (exact) mass is 895 g/mol. The Morgan fingerprint density at radius 2 is 0.884 bits per heavy atom. The van der Waals surface area contributed by atoms with Gasteiger partial charge in [0.25, 0.3) is 0 Å². The van der Waals surface area contributed by atoms with E-state index in [1.54, 1.807) is 0 Å². The molecule has 0 amide bonds. The van der Waals surface area contributed by atoms with Gasteiger partial charge in [0.05, 0.1) is 0 Å². The van der Waals surface area contributed by atoms with Crippen LogP contribution in [0.1, 0.15) is 0 Å². The Balaban J connectivity index is 0.962. The largest absolute Gasteiger partial charge is 0.456 e. The molecular formula is C66H41NOS. The number of hydrogen-bond donors (Lipinski definition) is 0. The van der Waals surface area contributed by atoms with Crippen molar-refractivity contribution in [1.29, 1.82) is 0 Å². The lowest BCUT2D eigenvalue weighted by Gasteiger charge is -2.28. The SMILES string of the molecule is c1ccc(-c2cc(N(c3ccc(-c4cccc5c4sc4ccccc45)cc3)c3cc(-c4ccc5ccccc5c4)c4ccccc4c3)ccc2-c2ccc3c(c2)oc2cc4ccccc4cc23)cc1. The molecule has 0 atom stereocenters. The third kappa shape index (κ3) is 6.70. The zero-order valence-corrected chi connectivity index (χ0v) is 38.3. The summed E-state index contributed by atoms with van der Waals surface area (Å²) >= 11 is 1.87. The number of hydrogen-bond acceptors (Lipinski definition) is 3. The van der Waals surface area contributed by atoms with E-state index in [4.69, 9.17) is 4.42 Å². The Morgan fingerprint density at radius 3 is 1.72 bits per heavy atom. The summed E-state index contributed by atoms with van der Waals surface area (Å²) in [6.45, 7) is 0. The van der Waals surface area contributed by atoms with E-state index in [1.165, 1.54) is 74.7 Å². The van der Waals surface area contributed by atoms with Gasteiger partial charge in [-0.05, 0) is 150 Å². The van der Waals surface area contributed by atoms with Crippen molar-refractivity contribution in [3.63, 3.8) is 0 Å². The van der Waals surface area contributed by atoms with Crippen LogP contribution in [0.2, 0.25) is 0 Å². The predicted molar refractivity (Wildman–Crippen MR) is 296 cm³/mol. The maximum atomic E-state index is 6.63. The van der Waals surface area contributed by atoms with Crippen LogP contribution in [0, 0.1) is 0 Å². The Kier molecular flexibility index (Phi) is 9.11. The Morgan fingerprint density at radius 1 is 0.275 bits per heavy atom. The highest BCUT2D eigenvalue weighted by Crippen LogP contribution is 2.46. The van der Waals surface area contributed by atoms with Crippen molar-refractivity contribution in [2.75, 3.05) is 4.90 Å². The van der Waals surface area contributed by atoms with E-state index in [0.29, 0.717) is 0 Å². The van der Waals surface area contributed by atoms with Gasteiger partial charge in [0.15, 0.2) is 0 Å². The molecule has 0 radical (unpaired) electrons. The smallest absolute Gasteiger partial charge is 0.136 e. The second kappa shape index (κ2) is 16.0. The molecular weight excluding hydrogens is 855 g/mol. The van der Waals surface area contributed by atoms with Gasteiger partial charge in [-0.25, -0.2) is 0 Å². The second-order valence-corrected chi connectivity index (χ2v) is 19.1. The fraction of sp³-hybridized carbons (Fsp3) is 0. The van der Waals surface area contributed by atoms with Crippen molar-refractivity contribution in [1.82, 2.24) is 0 Å². The lowest BCUT2D eigenvalue weighted by Crippen LogP contribution is -2.10. The van der Waals surface area contributed by atoms with Gasteiger partial charge in [0, 0.05) is 48.0 Å². The van der Waals surface area contributed by atoms with Crippen molar-refractivity contribution in [3.8, 4) is 44.5 Å². The summed E-state index contributed by atoms with van der Waals surface area (Å²) < 4.78 is 9.25. The Bertz CT molecular complexity index is 4310. The van der Waals surface area contributed by atoms with Crippen LogP contribution in [0.15, 0.2) is 253 Å². The molecule has 2 heterocycles. The van der Waals surface area contributed by atoms with E-state index in [1.807, 2.05) is 11.3 Å². The molecule has 0 saturated heterocycles. The summed E-state index contributed by atoms with van der Waals surface area (Å²) in [7, 11) is 0. The van der Waals surface area contributed by atoms with Crippen LogP contribution in [-0.4, -0.2) is 0 Å². The summed E-state index contributed by atoms with van der Waals surface area (Å²) in [5.41, 5.74) is 14.4. The van der Waals surface area contributed by atoms with Crippen LogP contribution in [-0.2, 0) is 0 Å². The number of anilines is 3. The second-order valence-electron chi connectivity index (χ2n) is 18.0.